The average molecular weight is 613 g/mol. The van der Waals surface area contributed by atoms with Crippen molar-refractivity contribution < 1.29 is 62.5 Å². The molecule has 0 unspecified atom stereocenters. The van der Waals surface area contributed by atoms with Crippen molar-refractivity contribution in [2.45, 2.75) is 84.1 Å². The molecule has 0 atom stereocenters. The Morgan fingerprint density at radius 3 is 1.79 bits per heavy atom. The molecule has 0 bridgehead atoms. The number of hydrogen-bond acceptors (Lipinski definition) is 11. The Hall–Kier alpha value is -1.13. The van der Waals surface area contributed by atoms with Crippen molar-refractivity contribution in [1.82, 2.24) is 0 Å². The fourth-order valence-electron chi connectivity index (χ4n) is 4.13. The van der Waals surface area contributed by atoms with Crippen LogP contribution in [0, 0.1) is 20.5 Å². The number of aliphatic imine (C=N–C) groups is 1. The van der Waals surface area contributed by atoms with Crippen LogP contribution in [0.3, 0.4) is 0 Å². The van der Waals surface area contributed by atoms with Crippen LogP contribution in [0.15, 0.2) is 73.1 Å². The van der Waals surface area contributed by atoms with E-state index in [9.17, 15) is 0 Å². The summed E-state index contributed by atoms with van der Waals surface area (Å²) in [5, 5.41) is 0. The van der Waals surface area contributed by atoms with E-state index in [4.69, 9.17) is 47.0 Å². The first-order chi connectivity index (χ1) is 17.5. The minimum absolute atomic E-state index is 0.0294. The Labute approximate surface area is 233 Å². The van der Waals surface area contributed by atoms with Gasteiger partial charge in [0.1, 0.15) is 17.4 Å². The molecule has 1 heterocycles. The molecule has 4 rings (SSSR count). The third kappa shape index (κ3) is 13.3. The molecule has 2 aliphatic rings. The molecule has 0 radical (unpaired) electrons. The van der Waals surface area contributed by atoms with Gasteiger partial charge in [0.25, 0.3) is 0 Å². The van der Waals surface area contributed by atoms with Crippen LogP contribution in [0.4, 0.5) is 0 Å². The predicted molar refractivity (Wildman–Crippen MR) is 123 cm³/mol. The Morgan fingerprint density at radius 2 is 1.34 bits per heavy atom. The van der Waals surface area contributed by atoms with Gasteiger partial charge in [-0.05, 0) is 63.8 Å². The largest absolute Gasteiger partial charge is 0.478 e. The fourth-order valence-corrected chi connectivity index (χ4v) is 8.28. The maximum Gasteiger partial charge on any atom is 0.181 e. The quantitative estimate of drug-likeness (QED) is 0.225. The van der Waals surface area contributed by atoms with Gasteiger partial charge in [-0.15, -0.1) is 10.2 Å². The summed E-state index contributed by atoms with van der Waals surface area (Å²) in [5.74, 6) is 1.86. The molecule has 38 heavy (non-hydrogen) atoms. The summed E-state index contributed by atoms with van der Waals surface area (Å²) in [6.45, 7) is 6.54. The fraction of sp³-hybridized carbons (Fsp3) is 0.458. The van der Waals surface area contributed by atoms with E-state index in [2.05, 4.69) is 62.4 Å². The van der Waals surface area contributed by atoms with Gasteiger partial charge in [0, 0.05) is 6.92 Å². The molecule has 1 aliphatic carbocycles. The van der Waals surface area contributed by atoms with Gasteiger partial charge in [0.15, 0.2) is 15.7 Å². The molecular weight excluding hydrogens is 581 g/mol. The van der Waals surface area contributed by atoms with Gasteiger partial charge >= 0.3 is 0 Å². The Morgan fingerprint density at radius 1 is 0.921 bits per heavy atom. The highest BCUT2D eigenvalue weighted by Gasteiger charge is 2.40. The van der Waals surface area contributed by atoms with Gasteiger partial charge in [-0.25, -0.2) is 23.6 Å². The highest BCUT2D eigenvalue weighted by atomic mass is 35.7. The summed E-state index contributed by atoms with van der Waals surface area (Å²) in [6, 6.07) is 17.7. The SMILES string of the molecule is CC(=NC(C)(C)C[S+]1c2ccccc2Sc2ccccc21)OC1CCCCC1.[O-][Cl+3]([O-])([O-])O.[O-][Cl+3]([O-])([O-])[O-]. The number of fused-ring (bicyclic) bond motifs is 2. The van der Waals surface area contributed by atoms with E-state index in [1.165, 1.54) is 51.7 Å². The lowest BCUT2D eigenvalue weighted by Gasteiger charge is -2.27. The van der Waals surface area contributed by atoms with Gasteiger partial charge in [-0.3, -0.25) is 0 Å². The molecule has 1 aliphatic heterocycles. The van der Waals surface area contributed by atoms with E-state index in [0.717, 1.165) is 11.7 Å². The average Bonchev–Trinajstić information content (AvgIpc) is 2.77. The monoisotopic (exact) mass is 611 g/mol. The van der Waals surface area contributed by atoms with E-state index in [1.807, 2.05) is 18.7 Å². The van der Waals surface area contributed by atoms with E-state index < -0.39 is 20.5 Å². The maximum absolute atomic E-state index is 8.60. The lowest BCUT2D eigenvalue weighted by Crippen LogP contribution is -2.68. The second-order valence-electron chi connectivity index (χ2n) is 9.13. The lowest BCUT2D eigenvalue weighted by molar-refractivity contribution is -2.00. The molecule has 1 N–H and O–H groups in total. The van der Waals surface area contributed by atoms with Gasteiger partial charge in [0.2, 0.25) is 0 Å². The van der Waals surface area contributed by atoms with Gasteiger partial charge in [-0.2, -0.15) is 14.0 Å². The highest BCUT2D eigenvalue weighted by Crippen LogP contribution is 2.46. The van der Waals surface area contributed by atoms with Crippen molar-refractivity contribution >= 4 is 28.6 Å². The lowest BCUT2D eigenvalue weighted by atomic mass is 9.98. The number of nitrogens with zero attached hydrogens (tertiary/aromatic N) is 1. The van der Waals surface area contributed by atoms with Gasteiger partial charge in [-0.1, -0.05) is 42.4 Å². The Bertz CT molecular complexity index is 986. The van der Waals surface area contributed by atoms with E-state index >= 15 is 0 Å². The van der Waals surface area contributed by atoms with Crippen molar-refractivity contribution in [3.05, 3.63) is 48.5 Å². The second kappa shape index (κ2) is 14.5. The Balaban J connectivity index is 0.000000435. The topological polar surface area (TPSA) is 203 Å². The van der Waals surface area contributed by atoms with Crippen LogP contribution in [0.1, 0.15) is 52.9 Å². The van der Waals surface area contributed by atoms with Crippen molar-refractivity contribution in [2.75, 3.05) is 5.75 Å². The van der Waals surface area contributed by atoms with Crippen LogP contribution in [0.25, 0.3) is 0 Å². The Kier molecular flexibility index (Phi) is 12.6. The third-order valence-electron chi connectivity index (χ3n) is 5.30. The van der Waals surface area contributed by atoms with E-state index in [1.54, 1.807) is 0 Å². The molecule has 0 aromatic heterocycles. The molecule has 1 saturated carbocycles. The second-order valence-corrected chi connectivity index (χ2v) is 13.7. The first-order valence-corrected chi connectivity index (χ1v) is 16.3. The van der Waals surface area contributed by atoms with Gasteiger partial charge < -0.3 is 4.74 Å². The van der Waals surface area contributed by atoms with Crippen LogP contribution in [0.5, 0.6) is 0 Å². The summed E-state index contributed by atoms with van der Waals surface area (Å²) in [7, 11) is -9.61. The maximum atomic E-state index is 8.60. The number of ether oxygens (including phenoxy) is 1. The molecule has 212 valence electrons. The summed E-state index contributed by atoms with van der Waals surface area (Å²) in [6.07, 6.45) is 6.64. The molecule has 2 aromatic rings. The van der Waals surface area contributed by atoms with Crippen LogP contribution < -0.4 is 32.6 Å². The standard InChI is InChI=1S/C24H30NOS2.2ClHO4/c1-18(26-19-11-5-4-6-12-19)25-24(2,3)17-28-22-15-9-7-13-20(22)27-21-14-8-10-16-23(21)28;2*2-1(3,4)5/h7-10,13-16,19H,4-6,11-12,17H2,1-3H3;2*(H,2,3,4,5)/q+1;;/p-1. The molecule has 0 saturated heterocycles. The van der Waals surface area contributed by atoms with Crippen molar-refractivity contribution in [2.24, 2.45) is 4.99 Å². The van der Waals surface area contributed by atoms with Crippen molar-refractivity contribution in [1.29, 1.82) is 0 Å². The molecule has 0 spiro atoms. The van der Waals surface area contributed by atoms with Gasteiger partial charge in [0.05, 0.1) is 35.6 Å². The van der Waals surface area contributed by atoms with E-state index in [-0.39, 0.29) is 16.4 Å². The zero-order chi connectivity index (χ0) is 28.6. The number of benzene rings is 2. The zero-order valence-corrected chi connectivity index (χ0v) is 24.3. The van der Waals surface area contributed by atoms with Crippen LogP contribution in [-0.2, 0) is 15.6 Å². The van der Waals surface area contributed by atoms with Crippen LogP contribution in [0.2, 0.25) is 0 Å². The van der Waals surface area contributed by atoms with Crippen molar-refractivity contribution in [3.8, 4) is 0 Å². The van der Waals surface area contributed by atoms with Crippen molar-refractivity contribution in [3.63, 3.8) is 0 Å². The third-order valence-corrected chi connectivity index (χ3v) is 9.48. The minimum Gasteiger partial charge on any atom is -0.478 e. The molecule has 14 heteroatoms. The molecule has 10 nitrogen and oxygen atoms in total. The summed E-state index contributed by atoms with van der Waals surface area (Å²) in [4.78, 5) is 10.7. The van der Waals surface area contributed by atoms with E-state index in [0.29, 0.717) is 6.10 Å². The van der Waals surface area contributed by atoms with Crippen LogP contribution in [-0.4, -0.2) is 28.0 Å². The molecule has 0 amide bonds. The summed E-state index contributed by atoms with van der Waals surface area (Å²) < 4.78 is 72.9. The zero-order valence-electron chi connectivity index (χ0n) is 21.2. The molecular formula is C24H31Cl2NO9S2. The summed E-state index contributed by atoms with van der Waals surface area (Å²) >= 11 is 1.90. The predicted octanol–water partition coefficient (Wildman–Crippen LogP) is -2.15. The number of rotatable bonds is 4. The number of hydrogen-bond donors (Lipinski definition) is 1. The number of halogens is 2. The highest BCUT2D eigenvalue weighted by molar-refractivity contribution is 8.04. The normalized spacial score (nSPS) is 16.8. The summed E-state index contributed by atoms with van der Waals surface area (Å²) in [5.41, 5.74) is -0.163. The smallest absolute Gasteiger partial charge is 0.181 e. The first kappa shape index (κ1) is 33.1. The minimum atomic E-state index is -4.94. The van der Waals surface area contributed by atoms with Crippen LogP contribution >= 0.6 is 11.8 Å². The molecule has 2 aromatic carbocycles. The molecule has 1 fully saturated rings. The first-order valence-electron chi connectivity index (χ1n) is 11.6.